The van der Waals surface area contributed by atoms with E-state index >= 15 is 0 Å². The Kier molecular flexibility index (Phi) is 6.48. The number of halogens is 2. The van der Waals surface area contributed by atoms with E-state index in [9.17, 15) is 23.5 Å². The topological polar surface area (TPSA) is 72.9 Å². The number of aliphatic hydroxyl groups is 1. The second kappa shape index (κ2) is 9.54. The number of nitrogens with zero attached hydrogens (tertiary/aromatic N) is 2. The lowest BCUT2D eigenvalue weighted by Gasteiger charge is -2.22. The molecule has 3 aliphatic heterocycles. The highest BCUT2D eigenvalue weighted by molar-refractivity contribution is 7.99. The van der Waals surface area contributed by atoms with Crippen LogP contribution in [-0.2, 0) is 0 Å². The van der Waals surface area contributed by atoms with Gasteiger partial charge < -0.3 is 15.3 Å². The number of β-amino-alcohol motifs (C(OH)–C–C–N with tert-alkyl or cyclic N) is 1. The third kappa shape index (κ3) is 4.38. The zero-order chi connectivity index (χ0) is 23.8. The number of rotatable bonds is 6. The Morgan fingerprint density at radius 3 is 2.12 bits per heavy atom. The van der Waals surface area contributed by atoms with Gasteiger partial charge in [0.15, 0.2) is 11.6 Å². The van der Waals surface area contributed by atoms with Gasteiger partial charge in [-0.15, -0.1) is 0 Å². The van der Waals surface area contributed by atoms with Crippen molar-refractivity contribution in [2.75, 3.05) is 47.9 Å². The molecule has 0 spiro atoms. The zero-order valence-corrected chi connectivity index (χ0v) is 19.5. The normalized spacial score (nSPS) is 23.0. The van der Waals surface area contributed by atoms with Crippen molar-refractivity contribution in [3.8, 4) is 0 Å². The van der Waals surface area contributed by atoms with Crippen LogP contribution in [0.2, 0.25) is 0 Å². The number of nitrogens with one attached hydrogen (secondary N) is 1. The van der Waals surface area contributed by atoms with Crippen LogP contribution in [0.25, 0.3) is 0 Å². The van der Waals surface area contributed by atoms with Crippen LogP contribution in [0.4, 0.5) is 20.2 Å². The van der Waals surface area contributed by atoms with E-state index in [-0.39, 0.29) is 24.5 Å². The summed E-state index contributed by atoms with van der Waals surface area (Å²) in [7, 11) is 0. The van der Waals surface area contributed by atoms with Gasteiger partial charge in [-0.1, -0.05) is 12.1 Å². The molecular formula is C25H27F2N3O3S. The number of carbonyl (C=O) groups excluding carboxylic acids is 2. The lowest BCUT2D eigenvalue weighted by atomic mass is 9.92. The van der Waals surface area contributed by atoms with Gasteiger partial charge in [-0.25, -0.2) is 8.78 Å². The molecule has 180 valence electrons. The second-order valence-corrected chi connectivity index (χ2v) is 10.4. The van der Waals surface area contributed by atoms with Crippen molar-refractivity contribution < 1.29 is 23.5 Å². The number of anilines is 2. The molecule has 0 saturated carbocycles. The molecule has 2 aromatic rings. The fourth-order valence-electron chi connectivity index (χ4n) is 5.23. The summed E-state index contributed by atoms with van der Waals surface area (Å²) in [6.07, 6.45) is 1.07. The quantitative estimate of drug-likeness (QED) is 0.607. The van der Waals surface area contributed by atoms with Crippen LogP contribution >= 0.6 is 11.8 Å². The summed E-state index contributed by atoms with van der Waals surface area (Å²) in [5, 5.41) is 13.2. The number of hydrogen-bond acceptors (Lipinski definition) is 6. The molecule has 2 N–H and O–H groups in total. The van der Waals surface area contributed by atoms with E-state index in [1.54, 1.807) is 24.3 Å². The number of benzene rings is 2. The summed E-state index contributed by atoms with van der Waals surface area (Å²) >= 11 is 1.96. The van der Waals surface area contributed by atoms with Crippen LogP contribution < -0.4 is 10.2 Å². The molecule has 0 bridgehead atoms. The average Bonchev–Trinajstić information content (AvgIpc) is 3.21. The van der Waals surface area contributed by atoms with E-state index in [2.05, 4.69) is 5.32 Å². The predicted octanol–water partition coefficient (Wildman–Crippen LogP) is 3.61. The van der Waals surface area contributed by atoms with Crippen molar-refractivity contribution in [2.24, 2.45) is 11.8 Å². The number of aliphatic hydroxyl groups excluding tert-OH is 1. The maximum Gasteiger partial charge on any atom is 0.261 e. The smallest absolute Gasteiger partial charge is 0.261 e. The van der Waals surface area contributed by atoms with Gasteiger partial charge in [0.05, 0.1) is 23.8 Å². The Hall–Kier alpha value is -2.65. The van der Waals surface area contributed by atoms with Gasteiger partial charge in [-0.3, -0.25) is 14.5 Å². The van der Waals surface area contributed by atoms with Gasteiger partial charge in [0.25, 0.3) is 11.8 Å². The molecule has 9 heteroatoms. The molecule has 0 aromatic heterocycles. The highest BCUT2D eigenvalue weighted by Gasteiger charge is 2.37. The number of carbonyl (C=O) groups is 2. The number of amides is 2. The van der Waals surface area contributed by atoms with Crippen LogP contribution in [0, 0.1) is 23.5 Å². The van der Waals surface area contributed by atoms with Crippen LogP contribution in [0.3, 0.4) is 0 Å². The number of hydrogen-bond donors (Lipinski definition) is 2. The second-order valence-electron chi connectivity index (χ2n) is 9.20. The first-order chi connectivity index (χ1) is 16.4. The number of fused-ring (bicyclic) bond motifs is 2. The van der Waals surface area contributed by atoms with Gasteiger partial charge in [0.1, 0.15) is 5.69 Å². The highest BCUT2D eigenvalue weighted by Crippen LogP contribution is 2.38. The molecular weight excluding hydrogens is 460 g/mol. The van der Waals surface area contributed by atoms with Crippen molar-refractivity contribution in [3.05, 3.63) is 59.2 Å². The van der Waals surface area contributed by atoms with E-state index in [4.69, 9.17) is 0 Å². The van der Waals surface area contributed by atoms with Crippen LogP contribution in [0.1, 0.15) is 33.6 Å². The third-order valence-electron chi connectivity index (χ3n) is 6.99. The maximum absolute atomic E-state index is 14.9. The van der Waals surface area contributed by atoms with Gasteiger partial charge in [-0.05, 0) is 60.4 Å². The average molecular weight is 488 g/mol. The lowest BCUT2D eigenvalue weighted by Crippen LogP contribution is -2.39. The molecule has 0 radical (unpaired) electrons. The summed E-state index contributed by atoms with van der Waals surface area (Å²) in [5.74, 6) is 0.972. The summed E-state index contributed by atoms with van der Waals surface area (Å²) in [4.78, 5) is 27.7. The Balaban J connectivity index is 1.20. The van der Waals surface area contributed by atoms with E-state index in [0.29, 0.717) is 36.1 Å². The maximum atomic E-state index is 14.9. The Labute approximate surface area is 201 Å². The van der Waals surface area contributed by atoms with Crippen LogP contribution in [0.5, 0.6) is 0 Å². The SMILES string of the molecule is O=C1c2ccccc2C(=O)N1CC(O)CNc1cc(F)c(N2CC3CCSCCC3C2)c(F)c1. The molecule has 3 atom stereocenters. The Morgan fingerprint density at radius 1 is 1.00 bits per heavy atom. The van der Waals surface area contributed by atoms with Crippen LogP contribution in [-0.4, -0.2) is 65.6 Å². The molecule has 6 nitrogen and oxygen atoms in total. The van der Waals surface area contributed by atoms with Crippen molar-refractivity contribution in [1.82, 2.24) is 4.90 Å². The largest absolute Gasteiger partial charge is 0.389 e. The van der Waals surface area contributed by atoms with E-state index in [1.807, 2.05) is 16.7 Å². The molecule has 3 heterocycles. The first-order valence-electron chi connectivity index (χ1n) is 11.6. The Bertz CT molecular complexity index is 1040. The lowest BCUT2D eigenvalue weighted by molar-refractivity contribution is 0.0558. The fourth-order valence-corrected chi connectivity index (χ4v) is 6.38. The monoisotopic (exact) mass is 487 g/mol. The molecule has 3 unspecified atom stereocenters. The molecule has 2 saturated heterocycles. The molecule has 0 aliphatic carbocycles. The summed E-state index contributed by atoms with van der Waals surface area (Å²) in [5.41, 5.74) is 0.829. The van der Waals surface area contributed by atoms with Gasteiger partial charge in [-0.2, -0.15) is 11.8 Å². The van der Waals surface area contributed by atoms with E-state index < -0.39 is 29.6 Å². The van der Waals surface area contributed by atoms with Crippen LogP contribution in [0.15, 0.2) is 36.4 Å². The summed E-state index contributed by atoms with van der Waals surface area (Å²) in [6, 6.07) is 8.96. The van der Waals surface area contributed by atoms with Crippen molar-refractivity contribution in [2.45, 2.75) is 18.9 Å². The zero-order valence-electron chi connectivity index (χ0n) is 18.7. The Morgan fingerprint density at radius 2 is 1.56 bits per heavy atom. The minimum absolute atomic E-state index is 0.0119. The molecule has 2 fully saturated rings. The molecule has 34 heavy (non-hydrogen) atoms. The molecule has 5 rings (SSSR count). The number of thioether (sulfide) groups is 1. The first kappa shape index (κ1) is 23.1. The molecule has 3 aliphatic rings. The molecule has 2 amide bonds. The van der Waals surface area contributed by atoms with Crippen molar-refractivity contribution >= 4 is 35.0 Å². The summed E-state index contributed by atoms with van der Waals surface area (Å²) in [6.45, 7) is 1.06. The van der Waals surface area contributed by atoms with Crippen molar-refractivity contribution in [1.29, 1.82) is 0 Å². The van der Waals surface area contributed by atoms with Crippen molar-refractivity contribution in [3.63, 3.8) is 0 Å². The number of imide groups is 1. The van der Waals surface area contributed by atoms with Gasteiger partial charge in [0, 0.05) is 25.3 Å². The minimum atomic E-state index is -1.10. The highest BCUT2D eigenvalue weighted by atomic mass is 32.2. The molecule has 2 aromatic carbocycles. The van der Waals surface area contributed by atoms with Gasteiger partial charge in [0.2, 0.25) is 0 Å². The summed E-state index contributed by atoms with van der Waals surface area (Å²) < 4.78 is 29.9. The van der Waals surface area contributed by atoms with E-state index in [1.165, 1.54) is 12.1 Å². The predicted molar refractivity (Wildman–Crippen MR) is 128 cm³/mol. The first-order valence-corrected chi connectivity index (χ1v) is 12.8. The minimum Gasteiger partial charge on any atom is -0.389 e. The fraction of sp³-hybridized carbons (Fsp3) is 0.440. The van der Waals surface area contributed by atoms with E-state index in [0.717, 1.165) is 29.2 Å². The standard InChI is InChI=1S/C25H27F2N3O3S/c26-21-9-17(10-22(27)23(21)29-12-15-5-7-34-8-6-16(15)13-29)28-11-18(31)14-30-24(32)19-3-1-2-4-20(19)25(30)33/h1-4,9-10,15-16,18,28,31H,5-8,11-14H2. The third-order valence-corrected chi connectivity index (χ3v) is 8.04. The van der Waals surface area contributed by atoms with Gasteiger partial charge >= 0.3 is 0 Å².